The molecule has 8 nitrogen and oxygen atoms in total. The van der Waals surface area contributed by atoms with Crippen LogP contribution in [0.4, 0.5) is 0 Å². The zero-order valence-electron chi connectivity index (χ0n) is 16.4. The molecule has 0 aliphatic carbocycles. The molecule has 1 aliphatic rings. The van der Waals surface area contributed by atoms with E-state index >= 15 is 0 Å². The van der Waals surface area contributed by atoms with Gasteiger partial charge in [0, 0.05) is 13.0 Å². The van der Waals surface area contributed by atoms with Gasteiger partial charge < -0.3 is 35.2 Å². The second-order valence-corrected chi connectivity index (χ2v) is 7.21. The molecule has 8 heteroatoms. The number of hydrogen-bond donors (Lipinski definition) is 5. The molecule has 1 heterocycles. The Bertz CT molecular complexity index is 410. The lowest BCUT2D eigenvalue weighted by Gasteiger charge is -2.43. The predicted octanol–water partition coefficient (Wildman–Crippen LogP) is 0.452. The summed E-state index contributed by atoms with van der Waals surface area (Å²) >= 11 is 0. The average molecular weight is 392 g/mol. The standard InChI is InChI=1S/C19H37NO7/c1-2-3-4-5-6-7-8-10-16(23)20-11-9-12-26-19(14-21)18(25)17(24)15(22)13-27-19/h15,17-18,21-22,24-25H,2-14H2,1H3,(H,20,23)/t15-,17-,18+,19-/m1/s1. The van der Waals surface area contributed by atoms with Crippen molar-refractivity contribution in [1.82, 2.24) is 5.32 Å². The van der Waals surface area contributed by atoms with Gasteiger partial charge in [0.2, 0.25) is 11.7 Å². The summed E-state index contributed by atoms with van der Waals surface area (Å²) in [4.78, 5) is 11.8. The third kappa shape index (κ3) is 8.41. The van der Waals surface area contributed by atoms with Crippen molar-refractivity contribution in [3.8, 4) is 0 Å². The number of aliphatic hydroxyl groups excluding tert-OH is 4. The molecule has 27 heavy (non-hydrogen) atoms. The van der Waals surface area contributed by atoms with Gasteiger partial charge in [0.1, 0.15) is 24.9 Å². The summed E-state index contributed by atoms with van der Waals surface area (Å²) in [5.74, 6) is -1.74. The SMILES string of the molecule is CCCCCCCCCC(=O)NCCCO[C@]1(CO)OC[C@@H](O)[C@@H](O)[C@@H]1O. The topological polar surface area (TPSA) is 128 Å². The van der Waals surface area contributed by atoms with E-state index in [1.54, 1.807) is 0 Å². The maximum absolute atomic E-state index is 11.8. The molecule has 1 saturated heterocycles. The van der Waals surface area contributed by atoms with Gasteiger partial charge in [-0.3, -0.25) is 4.79 Å². The molecule has 1 fully saturated rings. The molecule has 0 bridgehead atoms. The van der Waals surface area contributed by atoms with Crippen molar-refractivity contribution in [3.05, 3.63) is 0 Å². The van der Waals surface area contributed by atoms with E-state index in [1.807, 2.05) is 0 Å². The van der Waals surface area contributed by atoms with Gasteiger partial charge in [-0.25, -0.2) is 0 Å². The molecular formula is C19H37NO7. The molecule has 0 spiro atoms. The van der Waals surface area contributed by atoms with Crippen LogP contribution >= 0.6 is 0 Å². The van der Waals surface area contributed by atoms with Crippen LogP contribution in [0.5, 0.6) is 0 Å². The van der Waals surface area contributed by atoms with Gasteiger partial charge in [0.15, 0.2) is 0 Å². The number of amides is 1. The summed E-state index contributed by atoms with van der Waals surface area (Å²) in [6, 6.07) is 0. The van der Waals surface area contributed by atoms with Gasteiger partial charge in [-0.2, -0.15) is 0 Å². The Morgan fingerprint density at radius 1 is 1.11 bits per heavy atom. The van der Waals surface area contributed by atoms with Crippen molar-refractivity contribution in [2.75, 3.05) is 26.4 Å². The van der Waals surface area contributed by atoms with Crippen molar-refractivity contribution < 1.29 is 34.7 Å². The number of carbonyl (C=O) groups is 1. The van der Waals surface area contributed by atoms with Crippen LogP contribution in [-0.2, 0) is 14.3 Å². The maximum Gasteiger partial charge on any atom is 0.221 e. The van der Waals surface area contributed by atoms with Crippen LogP contribution in [0.25, 0.3) is 0 Å². The van der Waals surface area contributed by atoms with Gasteiger partial charge in [0.05, 0.1) is 13.2 Å². The summed E-state index contributed by atoms with van der Waals surface area (Å²) in [5.41, 5.74) is 0. The Hall–Kier alpha value is -0.770. The molecule has 0 aromatic carbocycles. The van der Waals surface area contributed by atoms with Gasteiger partial charge in [-0.15, -0.1) is 0 Å². The fraction of sp³-hybridized carbons (Fsp3) is 0.947. The molecule has 0 saturated carbocycles. The minimum atomic E-state index is -1.75. The number of carbonyl (C=O) groups excluding carboxylic acids is 1. The van der Waals surface area contributed by atoms with E-state index in [-0.39, 0.29) is 19.1 Å². The first kappa shape index (κ1) is 24.3. The largest absolute Gasteiger partial charge is 0.391 e. The lowest BCUT2D eigenvalue weighted by Crippen LogP contribution is -2.63. The number of aliphatic hydroxyl groups is 4. The number of unbranched alkanes of at least 4 members (excludes halogenated alkanes) is 6. The van der Waals surface area contributed by atoms with Crippen LogP contribution in [0.1, 0.15) is 64.7 Å². The molecular weight excluding hydrogens is 354 g/mol. The molecule has 0 aromatic heterocycles. The lowest BCUT2D eigenvalue weighted by atomic mass is 9.97. The zero-order valence-corrected chi connectivity index (χ0v) is 16.4. The summed E-state index contributed by atoms with van der Waals surface area (Å²) < 4.78 is 10.7. The Kier molecular flexibility index (Phi) is 12.1. The van der Waals surface area contributed by atoms with Crippen molar-refractivity contribution in [3.63, 3.8) is 0 Å². The molecule has 1 aliphatic heterocycles. The van der Waals surface area contributed by atoms with Crippen molar-refractivity contribution in [2.45, 2.75) is 88.8 Å². The first-order valence-electron chi connectivity index (χ1n) is 10.2. The van der Waals surface area contributed by atoms with Crippen LogP contribution in [-0.4, -0.2) is 76.8 Å². The minimum absolute atomic E-state index is 0.00734. The fourth-order valence-corrected chi connectivity index (χ4v) is 3.07. The van der Waals surface area contributed by atoms with E-state index in [2.05, 4.69) is 12.2 Å². The summed E-state index contributed by atoms with van der Waals surface area (Å²) in [6.45, 7) is 1.84. The van der Waals surface area contributed by atoms with Crippen LogP contribution in [0.2, 0.25) is 0 Å². The van der Waals surface area contributed by atoms with Gasteiger partial charge in [0.25, 0.3) is 0 Å². The molecule has 0 unspecified atom stereocenters. The van der Waals surface area contributed by atoms with Crippen LogP contribution in [0.15, 0.2) is 0 Å². The second-order valence-electron chi connectivity index (χ2n) is 7.21. The molecule has 0 aromatic rings. The molecule has 1 amide bonds. The molecule has 0 radical (unpaired) electrons. The van der Waals surface area contributed by atoms with Gasteiger partial charge in [-0.1, -0.05) is 45.4 Å². The minimum Gasteiger partial charge on any atom is -0.391 e. The van der Waals surface area contributed by atoms with E-state index in [0.29, 0.717) is 19.4 Å². The average Bonchev–Trinajstić information content (AvgIpc) is 2.67. The molecule has 1 rings (SSSR count). The van der Waals surface area contributed by atoms with Crippen molar-refractivity contribution in [1.29, 1.82) is 0 Å². The van der Waals surface area contributed by atoms with E-state index < -0.39 is 30.7 Å². The summed E-state index contributed by atoms with van der Waals surface area (Å²) in [7, 11) is 0. The molecule has 5 N–H and O–H groups in total. The molecule has 160 valence electrons. The van der Waals surface area contributed by atoms with E-state index in [4.69, 9.17) is 9.47 Å². The Labute approximate surface area is 161 Å². The highest BCUT2D eigenvalue weighted by Crippen LogP contribution is 2.27. The van der Waals surface area contributed by atoms with Gasteiger partial charge >= 0.3 is 0 Å². The highest BCUT2D eigenvalue weighted by atomic mass is 16.7. The van der Waals surface area contributed by atoms with E-state index in [1.165, 1.54) is 32.1 Å². The normalized spacial score (nSPS) is 28.3. The summed E-state index contributed by atoms with van der Waals surface area (Å²) in [5, 5.41) is 41.5. The third-order valence-electron chi connectivity index (χ3n) is 4.88. The van der Waals surface area contributed by atoms with Crippen LogP contribution in [0, 0.1) is 0 Å². The Balaban J connectivity index is 2.11. The highest BCUT2D eigenvalue weighted by molar-refractivity contribution is 5.75. The highest BCUT2D eigenvalue weighted by Gasteiger charge is 2.50. The van der Waals surface area contributed by atoms with Crippen molar-refractivity contribution in [2.24, 2.45) is 0 Å². The van der Waals surface area contributed by atoms with E-state index in [0.717, 1.165) is 12.8 Å². The summed E-state index contributed by atoms with van der Waals surface area (Å²) in [6.07, 6.45) is 4.91. The first-order valence-corrected chi connectivity index (χ1v) is 10.2. The maximum atomic E-state index is 11.8. The number of rotatable bonds is 14. The fourth-order valence-electron chi connectivity index (χ4n) is 3.07. The predicted molar refractivity (Wildman–Crippen MR) is 100.0 cm³/mol. The van der Waals surface area contributed by atoms with E-state index in [9.17, 15) is 25.2 Å². The first-order chi connectivity index (χ1) is 13.0. The van der Waals surface area contributed by atoms with Crippen LogP contribution in [0.3, 0.4) is 0 Å². The third-order valence-corrected chi connectivity index (χ3v) is 4.88. The van der Waals surface area contributed by atoms with Gasteiger partial charge in [-0.05, 0) is 12.8 Å². The monoisotopic (exact) mass is 391 g/mol. The Morgan fingerprint density at radius 3 is 2.44 bits per heavy atom. The quantitative estimate of drug-likeness (QED) is 0.272. The number of hydrogen-bond acceptors (Lipinski definition) is 7. The van der Waals surface area contributed by atoms with Crippen LogP contribution < -0.4 is 5.32 Å². The molecule has 4 atom stereocenters. The second kappa shape index (κ2) is 13.4. The van der Waals surface area contributed by atoms with Crippen molar-refractivity contribution >= 4 is 5.91 Å². The zero-order chi connectivity index (χ0) is 20.1. The smallest absolute Gasteiger partial charge is 0.221 e. The lowest BCUT2D eigenvalue weighted by molar-refractivity contribution is -0.348. The number of ether oxygens (including phenoxy) is 2. The number of nitrogens with one attached hydrogen (secondary N) is 1. The Morgan fingerprint density at radius 2 is 1.78 bits per heavy atom.